The number of Topliss-reactive ketones (excluding diaryl/α,β-unsaturated/α-hetero) is 1. The average molecular weight is 532 g/mol. The van der Waals surface area contributed by atoms with Crippen molar-refractivity contribution in [3.8, 4) is 0 Å². The molecule has 2 atom stereocenters. The van der Waals surface area contributed by atoms with Crippen LogP contribution in [0.1, 0.15) is 43.7 Å². The number of nitrogens with one attached hydrogen (secondary N) is 2. The van der Waals surface area contributed by atoms with Crippen molar-refractivity contribution in [3.05, 3.63) is 48.5 Å². The molecule has 12 heteroatoms. The van der Waals surface area contributed by atoms with E-state index in [-0.39, 0.29) is 31.4 Å². The molecule has 0 saturated carbocycles. The van der Waals surface area contributed by atoms with Crippen molar-refractivity contribution in [2.24, 2.45) is 5.92 Å². The number of hydrogen-bond acceptors (Lipinski definition) is 7. The van der Waals surface area contributed by atoms with E-state index >= 15 is 0 Å². The summed E-state index contributed by atoms with van der Waals surface area (Å²) in [6.07, 6.45) is 4.18. The van der Waals surface area contributed by atoms with Crippen molar-refractivity contribution < 1.29 is 27.2 Å². The molecule has 1 aromatic heterocycles. The lowest BCUT2D eigenvalue weighted by atomic mass is 10.0. The number of carbonyl (C=O) groups is 3. The van der Waals surface area contributed by atoms with Crippen LogP contribution in [0, 0.1) is 5.92 Å². The Bertz CT molecular complexity index is 1270. The Morgan fingerprint density at radius 1 is 1.19 bits per heavy atom. The molecule has 4 rings (SSSR count). The highest BCUT2D eigenvalue weighted by Gasteiger charge is 2.36. The SMILES string of the molecule is CC(C)C[C@H](NC(=O)c1cc2ccccc2o1)C(=O)NC1CCCN(S(=O)(=O)N2C=CN(C)C2)CC1=O. The predicted octanol–water partition coefficient (Wildman–Crippen LogP) is 1.65. The molecule has 1 saturated heterocycles. The topological polar surface area (TPSA) is 132 Å². The van der Waals surface area contributed by atoms with Gasteiger partial charge in [-0.15, -0.1) is 0 Å². The smallest absolute Gasteiger partial charge is 0.305 e. The molecule has 1 fully saturated rings. The maximum atomic E-state index is 13.2. The number of rotatable bonds is 8. The summed E-state index contributed by atoms with van der Waals surface area (Å²) in [6.45, 7) is 3.87. The lowest BCUT2D eigenvalue weighted by molar-refractivity contribution is -0.129. The van der Waals surface area contributed by atoms with Gasteiger partial charge in [0.15, 0.2) is 11.5 Å². The molecule has 1 unspecified atom stereocenters. The fraction of sp³-hybridized carbons (Fsp3) is 0.480. The van der Waals surface area contributed by atoms with Crippen LogP contribution in [0.15, 0.2) is 47.1 Å². The number of para-hydroxylation sites is 1. The molecule has 2 N–H and O–H groups in total. The first kappa shape index (κ1) is 26.7. The first-order valence-electron chi connectivity index (χ1n) is 12.3. The van der Waals surface area contributed by atoms with Gasteiger partial charge in [-0.25, -0.2) is 4.31 Å². The summed E-state index contributed by atoms with van der Waals surface area (Å²) in [6, 6.07) is 7.11. The van der Waals surface area contributed by atoms with Crippen LogP contribution in [0.5, 0.6) is 0 Å². The molecule has 11 nitrogen and oxygen atoms in total. The monoisotopic (exact) mass is 531 g/mol. The van der Waals surface area contributed by atoms with Gasteiger partial charge in [-0.2, -0.15) is 12.7 Å². The third-order valence-corrected chi connectivity index (χ3v) is 8.18. The van der Waals surface area contributed by atoms with Crippen molar-refractivity contribution in [2.45, 2.75) is 45.2 Å². The second-order valence-electron chi connectivity index (χ2n) is 9.90. The summed E-state index contributed by atoms with van der Waals surface area (Å²) in [7, 11) is -2.10. The van der Waals surface area contributed by atoms with E-state index in [1.54, 1.807) is 36.3 Å². The Labute approximate surface area is 216 Å². The van der Waals surface area contributed by atoms with Gasteiger partial charge < -0.3 is 20.0 Å². The van der Waals surface area contributed by atoms with Crippen molar-refractivity contribution in [1.29, 1.82) is 0 Å². The van der Waals surface area contributed by atoms with E-state index in [4.69, 9.17) is 4.42 Å². The first-order valence-corrected chi connectivity index (χ1v) is 13.7. The maximum Gasteiger partial charge on any atom is 0.305 e. The number of nitrogens with zero attached hydrogens (tertiary/aromatic N) is 3. The molecule has 37 heavy (non-hydrogen) atoms. The lowest BCUT2D eigenvalue weighted by Gasteiger charge is -2.26. The molecule has 2 aliphatic rings. The third kappa shape index (κ3) is 6.13. The van der Waals surface area contributed by atoms with Gasteiger partial charge >= 0.3 is 10.2 Å². The van der Waals surface area contributed by atoms with E-state index in [0.717, 1.165) is 9.69 Å². The predicted molar refractivity (Wildman–Crippen MR) is 137 cm³/mol. The highest BCUT2D eigenvalue weighted by Crippen LogP contribution is 2.20. The average Bonchev–Trinajstić information content (AvgIpc) is 3.43. The molecule has 0 radical (unpaired) electrons. The number of fused-ring (bicyclic) bond motifs is 1. The lowest BCUT2D eigenvalue weighted by Crippen LogP contribution is -2.53. The van der Waals surface area contributed by atoms with Gasteiger partial charge in [-0.3, -0.25) is 14.4 Å². The zero-order chi connectivity index (χ0) is 26.7. The Balaban J connectivity index is 1.42. The number of benzene rings is 1. The van der Waals surface area contributed by atoms with Gasteiger partial charge in [0, 0.05) is 31.4 Å². The first-order chi connectivity index (χ1) is 17.5. The van der Waals surface area contributed by atoms with Gasteiger partial charge in [-0.05, 0) is 37.3 Å². The van der Waals surface area contributed by atoms with Crippen molar-refractivity contribution >= 4 is 38.8 Å². The Morgan fingerprint density at radius 2 is 1.95 bits per heavy atom. The normalized spacial score (nSPS) is 19.9. The summed E-state index contributed by atoms with van der Waals surface area (Å²) in [4.78, 5) is 40.8. The molecule has 200 valence electrons. The molecule has 2 amide bonds. The van der Waals surface area contributed by atoms with E-state index in [1.807, 2.05) is 26.0 Å². The molecule has 1 aromatic carbocycles. The van der Waals surface area contributed by atoms with E-state index in [0.29, 0.717) is 24.8 Å². The van der Waals surface area contributed by atoms with Gasteiger partial charge in [0.25, 0.3) is 5.91 Å². The number of hydrogen-bond donors (Lipinski definition) is 2. The fourth-order valence-corrected chi connectivity index (χ4v) is 5.93. The second kappa shape index (κ2) is 10.9. The molecule has 2 aromatic rings. The Morgan fingerprint density at radius 3 is 2.62 bits per heavy atom. The molecule has 3 heterocycles. The number of furan rings is 1. The van der Waals surface area contributed by atoms with Crippen LogP contribution < -0.4 is 10.6 Å². The van der Waals surface area contributed by atoms with Crippen molar-refractivity contribution in [1.82, 2.24) is 24.1 Å². The van der Waals surface area contributed by atoms with Gasteiger partial charge in [0.2, 0.25) is 5.91 Å². The molecule has 2 aliphatic heterocycles. The van der Waals surface area contributed by atoms with Crippen LogP contribution in [0.2, 0.25) is 0 Å². The number of amides is 2. The Kier molecular flexibility index (Phi) is 7.88. The number of ketones is 1. The highest BCUT2D eigenvalue weighted by molar-refractivity contribution is 7.86. The van der Waals surface area contributed by atoms with Crippen LogP contribution >= 0.6 is 0 Å². The summed E-state index contributed by atoms with van der Waals surface area (Å²) >= 11 is 0. The van der Waals surface area contributed by atoms with E-state index in [9.17, 15) is 22.8 Å². The Hall–Kier alpha value is -3.38. The highest BCUT2D eigenvalue weighted by atomic mass is 32.2. The largest absolute Gasteiger partial charge is 0.451 e. The van der Waals surface area contributed by atoms with E-state index in [2.05, 4.69) is 10.6 Å². The second-order valence-corrected chi connectivity index (χ2v) is 11.8. The summed E-state index contributed by atoms with van der Waals surface area (Å²) in [5.41, 5.74) is 0.567. The van der Waals surface area contributed by atoms with Gasteiger partial charge in [0.1, 0.15) is 18.3 Å². The third-order valence-electron chi connectivity index (χ3n) is 6.39. The minimum atomic E-state index is -3.86. The fourth-order valence-electron chi connectivity index (χ4n) is 4.44. The molecular formula is C25H33N5O6S. The summed E-state index contributed by atoms with van der Waals surface area (Å²) in [5.74, 6) is -1.22. The standard InChI is InChI=1S/C25H33N5O6S/c1-17(2)13-20(27-25(33)23-14-18-7-4-5-9-22(18)36-23)24(32)26-19-8-6-10-29(15-21(19)31)37(34,35)30-12-11-28(3)16-30/h4-5,7,9,11-12,14,17,19-20H,6,8,10,13,15-16H2,1-3H3,(H,26,32)(H,27,33)/t19?,20-/m0/s1. The molecule has 0 bridgehead atoms. The van der Waals surface area contributed by atoms with Crippen LogP contribution in [0.3, 0.4) is 0 Å². The minimum Gasteiger partial charge on any atom is -0.451 e. The minimum absolute atomic E-state index is 0.0869. The zero-order valence-electron chi connectivity index (χ0n) is 21.2. The maximum absolute atomic E-state index is 13.2. The number of carbonyl (C=O) groups excluding carboxylic acids is 3. The summed E-state index contributed by atoms with van der Waals surface area (Å²) in [5, 5.41) is 6.27. The molecule has 0 spiro atoms. The van der Waals surface area contributed by atoms with E-state index in [1.165, 1.54) is 10.5 Å². The van der Waals surface area contributed by atoms with Crippen molar-refractivity contribution in [2.75, 3.05) is 26.8 Å². The van der Waals surface area contributed by atoms with Crippen LogP contribution in [-0.2, 0) is 19.8 Å². The van der Waals surface area contributed by atoms with Crippen molar-refractivity contribution in [3.63, 3.8) is 0 Å². The van der Waals surface area contributed by atoms with Gasteiger partial charge in [0.05, 0.1) is 12.6 Å². The zero-order valence-corrected chi connectivity index (χ0v) is 22.0. The van der Waals surface area contributed by atoms with Crippen LogP contribution in [0.4, 0.5) is 0 Å². The van der Waals surface area contributed by atoms with Gasteiger partial charge in [-0.1, -0.05) is 32.0 Å². The molecular weight excluding hydrogens is 498 g/mol. The summed E-state index contributed by atoms with van der Waals surface area (Å²) < 4.78 is 33.9. The van der Waals surface area contributed by atoms with Crippen LogP contribution in [0.25, 0.3) is 11.0 Å². The van der Waals surface area contributed by atoms with Crippen LogP contribution in [-0.4, -0.2) is 78.4 Å². The quantitative estimate of drug-likeness (QED) is 0.529. The molecule has 0 aliphatic carbocycles. The van der Waals surface area contributed by atoms with E-state index < -0.39 is 39.9 Å².